The number of carboxylic acids is 1. The number of aliphatic hydroxyl groups excluding tert-OH is 1. The van der Waals surface area contributed by atoms with Crippen LogP contribution in [-0.4, -0.2) is 46.9 Å². The molecule has 0 radical (unpaired) electrons. The van der Waals surface area contributed by atoms with Crippen LogP contribution in [0, 0.1) is 0 Å². The molecule has 100 valence electrons. The van der Waals surface area contributed by atoms with Crippen molar-refractivity contribution in [2.45, 2.75) is 25.7 Å². The Morgan fingerprint density at radius 2 is 1.71 bits per heavy atom. The van der Waals surface area contributed by atoms with Crippen LogP contribution in [0.4, 0.5) is 0 Å². The molecule has 0 rings (SSSR count). The van der Waals surface area contributed by atoms with Crippen LogP contribution in [0.5, 0.6) is 0 Å². The van der Waals surface area contributed by atoms with Gasteiger partial charge in [-0.15, -0.1) is 0 Å². The molecule has 2 N–H and O–H groups in total. The molecule has 0 saturated heterocycles. The molecule has 0 atom stereocenters. The lowest BCUT2D eigenvalue weighted by atomic mass is 10.2. The van der Waals surface area contributed by atoms with Crippen molar-refractivity contribution in [3.05, 3.63) is 0 Å². The van der Waals surface area contributed by atoms with Gasteiger partial charge >= 0.3 is 11.9 Å². The van der Waals surface area contributed by atoms with E-state index in [0.29, 0.717) is 31.0 Å². The third-order valence-electron chi connectivity index (χ3n) is 1.71. The summed E-state index contributed by atoms with van der Waals surface area (Å²) in [4.78, 5) is 21.4. The number of unbranched alkanes of at least 4 members (excludes halogenated alkanes) is 1. The summed E-state index contributed by atoms with van der Waals surface area (Å²) in [6.07, 6.45) is 1.44. The van der Waals surface area contributed by atoms with E-state index in [-0.39, 0.29) is 25.4 Å². The lowest BCUT2D eigenvalue weighted by Gasteiger charge is -2.03. The van der Waals surface area contributed by atoms with Gasteiger partial charge in [-0.3, -0.25) is 9.59 Å². The Bertz CT molecular complexity index is 223. The van der Waals surface area contributed by atoms with Gasteiger partial charge in [0.15, 0.2) is 0 Å². The number of aliphatic carboxylic acids is 1. The number of carbonyl (C=O) groups is 2. The van der Waals surface area contributed by atoms with Gasteiger partial charge in [-0.25, -0.2) is 0 Å². The predicted molar refractivity (Wildman–Crippen MR) is 69.1 cm³/mol. The van der Waals surface area contributed by atoms with E-state index in [1.807, 2.05) is 0 Å². The largest absolute Gasteiger partial charge is 0.481 e. The number of carboxylic acid groups (broad SMARTS) is 1. The highest BCUT2D eigenvalue weighted by Crippen LogP contribution is 2.19. The van der Waals surface area contributed by atoms with Crippen molar-refractivity contribution < 1.29 is 24.5 Å². The fourth-order valence-electron chi connectivity index (χ4n) is 0.962. The lowest BCUT2D eigenvalue weighted by Crippen LogP contribution is -2.07. The Morgan fingerprint density at radius 3 is 2.35 bits per heavy atom. The van der Waals surface area contributed by atoms with Crippen LogP contribution < -0.4 is 0 Å². The zero-order valence-electron chi connectivity index (χ0n) is 9.59. The normalized spacial score (nSPS) is 10.2. The summed E-state index contributed by atoms with van der Waals surface area (Å²) in [6, 6.07) is 0. The Labute approximate surface area is 109 Å². The maximum atomic E-state index is 11.2. The summed E-state index contributed by atoms with van der Waals surface area (Å²) in [7, 11) is 3.09. The van der Waals surface area contributed by atoms with Crippen LogP contribution in [0.3, 0.4) is 0 Å². The van der Waals surface area contributed by atoms with Crippen LogP contribution >= 0.6 is 21.6 Å². The fraction of sp³-hybridized carbons (Fsp3) is 0.800. The third-order valence-corrected chi connectivity index (χ3v) is 4.06. The van der Waals surface area contributed by atoms with Crippen molar-refractivity contribution in [3.63, 3.8) is 0 Å². The molecule has 0 saturated carbocycles. The molecule has 7 heteroatoms. The van der Waals surface area contributed by atoms with Gasteiger partial charge in [-0.1, -0.05) is 21.6 Å². The third kappa shape index (κ3) is 13.5. The number of aliphatic hydroxyl groups is 1. The molecule has 0 fully saturated rings. The molecule has 0 spiro atoms. The van der Waals surface area contributed by atoms with Gasteiger partial charge in [0.25, 0.3) is 0 Å². The monoisotopic (exact) mass is 282 g/mol. The van der Waals surface area contributed by atoms with Crippen LogP contribution in [0.2, 0.25) is 0 Å². The van der Waals surface area contributed by atoms with E-state index in [9.17, 15) is 9.59 Å². The van der Waals surface area contributed by atoms with Gasteiger partial charge < -0.3 is 14.9 Å². The van der Waals surface area contributed by atoms with E-state index in [1.54, 1.807) is 10.8 Å². The molecule has 0 aliphatic carbocycles. The van der Waals surface area contributed by atoms with E-state index >= 15 is 0 Å². The first-order valence-electron chi connectivity index (χ1n) is 5.39. The molecule has 0 aliphatic heterocycles. The van der Waals surface area contributed by atoms with Crippen molar-refractivity contribution in [2.24, 2.45) is 0 Å². The van der Waals surface area contributed by atoms with Crippen LogP contribution in [0.1, 0.15) is 25.7 Å². The van der Waals surface area contributed by atoms with Crippen molar-refractivity contribution in [2.75, 3.05) is 24.7 Å². The van der Waals surface area contributed by atoms with Gasteiger partial charge in [0.2, 0.25) is 0 Å². The van der Waals surface area contributed by atoms with Gasteiger partial charge in [0, 0.05) is 24.3 Å². The maximum absolute atomic E-state index is 11.2. The van der Waals surface area contributed by atoms with Crippen LogP contribution in [0.25, 0.3) is 0 Å². The van der Waals surface area contributed by atoms with Crippen LogP contribution in [0.15, 0.2) is 0 Å². The first-order valence-corrected chi connectivity index (χ1v) is 7.88. The molecule has 17 heavy (non-hydrogen) atoms. The van der Waals surface area contributed by atoms with E-state index in [4.69, 9.17) is 14.9 Å². The number of ether oxygens (including phenoxy) is 1. The van der Waals surface area contributed by atoms with Crippen molar-refractivity contribution in [1.82, 2.24) is 0 Å². The minimum absolute atomic E-state index is 0.0981. The Balaban J connectivity index is 3.20. The number of carbonyl (C=O) groups excluding carboxylic acids is 1. The SMILES string of the molecule is O=C(O)CCCCC(=O)OCCSSCCO. The standard InChI is InChI=1S/C10H18O5S2/c11-5-7-16-17-8-6-15-10(14)4-2-1-3-9(12)13/h11H,1-8H2,(H,12,13). The first-order chi connectivity index (χ1) is 8.16. The molecule has 0 heterocycles. The quantitative estimate of drug-likeness (QED) is 0.338. The second-order valence-electron chi connectivity index (χ2n) is 3.19. The summed E-state index contributed by atoms with van der Waals surface area (Å²) >= 11 is 0. The lowest BCUT2D eigenvalue weighted by molar-refractivity contribution is -0.143. The van der Waals surface area contributed by atoms with E-state index < -0.39 is 5.97 Å². The van der Waals surface area contributed by atoms with Gasteiger partial charge in [0.1, 0.15) is 6.61 Å². The zero-order chi connectivity index (χ0) is 12.9. The topological polar surface area (TPSA) is 83.8 Å². The van der Waals surface area contributed by atoms with Crippen molar-refractivity contribution in [1.29, 1.82) is 0 Å². The average Bonchev–Trinajstić information content (AvgIpc) is 2.29. The highest BCUT2D eigenvalue weighted by molar-refractivity contribution is 8.76. The summed E-state index contributed by atoms with van der Waals surface area (Å²) in [5.41, 5.74) is 0. The second kappa shape index (κ2) is 12.1. The molecule has 0 aromatic carbocycles. The number of esters is 1. The fourth-order valence-corrected chi connectivity index (χ4v) is 2.56. The highest BCUT2D eigenvalue weighted by atomic mass is 33.1. The molecule has 5 nitrogen and oxygen atoms in total. The predicted octanol–water partition coefficient (Wildman–Crippen LogP) is 1.55. The molecule has 0 unspecified atom stereocenters. The van der Waals surface area contributed by atoms with E-state index in [0.717, 1.165) is 0 Å². The van der Waals surface area contributed by atoms with E-state index in [1.165, 1.54) is 10.8 Å². The zero-order valence-corrected chi connectivity index (χ0v) is 11.2. The second-order valence-corrected chi connectivity index (χ2v) is 5.89. The maximum Gasteiger partial charge on any atom is 0.305 e. The van der Waals surface area contributed by atoms with Gasteiger partial charge in [0.05, 0.1) is 6.61 Å². The molecular weight excluding hydrogens is 264 g/mol. The summed E-state index contributed by atoms with van der Waals surface area (Å²) in [6.45, 7) is 0.516. The molecular formula is C10H18O5S2. The number of hydrogen-bond acceptors (Lipinski definition) is 6. The molecule has 0 aliphatic rings. The van der Waals surface area contributed by atoms with Gasteiger partial charge in [-0.05, 0) is 12.8 Å². The molecule has 0 bridgehead atoms. The Morgan fingerprint density at radius 1 is 1.06 bits per heavy atom. The average molecular weight is 282 g/mol. The minimum Gasteiger partial charge on any atom is -0.481 e. The number of rotatable bonds is 11. The Hall–Kier alpha value is -0.400. The minimum atomic E-state index is -0.837. The van der Waals surface area contributed by atoms with E-state index in [2.05, 4.69) is 0 Å². The van der Waals surface area contributed by atoms with Crippen LogP contribution in [-0.2, 0) is 14.3 Å². The molecule has 0 aromatic heterocycles. The smallest absolute Gasteiger partial charge is 0.305 e. The van der Waals surface area contributed by atoms with Gasteiger partial charge in [-0.2, -0.15) is 0 Å². The highest BCUT2D eigenvalue weighted by Gasteiger charge is 2.03. The Kier molecular flexibility index (Phi) is 11.8. The summed E-state index contributed by atoms with van der Waals surface area (Å²) < 4.78 is 4.95. The molecule has 0 amide bonds. The summed E-state index contributed by atoms with van der Waals surface area (Å²) in [5.74, 6) is 0.262. The summed E-state index contributed by atoms with van der Waals surface area (Å²) in [5, 5.41) is 16.9. The van der Waals surface area contributed by atoms with Crippen molar-refractivity contribution >= 4 is 33.5 Å². The molecule has 0 aromatic rings. The van der Waals surface area contributed by atoms with Crippen molar-refractivity contribution in [3.8, 4) is 0 Å². The first kappa shape index (κ1) is 16.6. The number of hydrogen-bond donors (Lipinski definition) is 2.